The van der Waals surface area contributed by atoms with E-state index in [9.17, 15) is 33.0 Å². The molecule has 43 heavy (non-hydrogen) atoms. The molecule has 0 radical (unpaired) electrons. The summed E-state index contributed by atoms with van der Waals surface area (Å²) in [5, 5.41) is 24.5. The monoisotopic (exact) mass is 616 g/mol. The van der Waals surface area contributed by atoms with Gasteiger partial charge in [0, 0.05) is 17.9 Å². The van der Waals surface area contributed by atoms with Crippen molar-refractivity contribution in [2.75, 3.05) is 58.9 Å². The number of aliphatic carboxylic acids is 1. The molecule has 6 aliphatic heterocycles. The summed E-state index contributed by atoms with van der Waals surface area (Å²) in [7, 11) is -4.09. The summed E-state index contributed by atoms with van der Waals surface area (Å²) in [6.45, 7) is 11.8. The smallest absolute Gasteiger partial charge is 0.352 e. The van der Waals surface area contributed by atoms with E-state index in [1.807, 2.05) is 12.1 Å². The molecule has 232 valence electrons. The number of carboxylic acid groups (broad SMARTS) is 1. The lowest BCUT2D eigenvalue weighted by molar-refractivity contribution is -1.08. The zero-order valence-electron chi connectivity index (χ0n) is 24.8. The Bertz CT molecular complexity index is 1560. The predicted octanol–water partition coefficient (Wildman–Crippen LogP) is -0.700. The number of carbonyl (C=O) groups excluding carboxylic acids is 2. The van der Waals surface area contributed by atoms with E-state index in [1.165, 1.54) is 11.8 Å². The van der Waals surface area contributed by atoms with Crippen LogP contribution in [-0.4, -0.2) is 131 Å². The molecule has 1 aromatic carbocycles. The molecular formula is C29H40N6O7S+2. The van der Waals surface area contributed by atoms with Crippen molar-refractivity contribution in [1.29, 1.82) is 0 Å². The number of carboxylic acids is 1. The molecule has 2 amide bonds. The molecule has 13 nitrogen and oxygen atoms in total. The molecule has 6 aliphatic rings. The molecule has 4 fully saturated rings. The van der Waals surface area contributed by atoms with E-state index in [0.29, 0.717) is 23.4 Å². The zero-order chi connectivity index (χ0) is 31.1. The van der Waals surface area contributed by atoms with Crippen molar-refractivity contribution in [2.45, 2.75) is 44.2 Å². The number of nitrogens with two attached hydrogens (primary N) is 1. The van der Waals surface area contributed by atoms with E-state index in [2.05, 4.69) is 5.10 Å². The molecule has 0 aliphatic carbocycles. The van der Waals surface area contributed by atoms with E-state index in [0.717, 1.165) is 71.2 Å². The summed E-state index contributed by atoms with van der Waals surface area (Å²) in [5.41, 5.74) is 7.63. The number of primary amides is 1. The van der Waals surface area contributed by atoms with Gasteiger partial charge in [-0.25, -0.2) is 4.79 Å². The van der Waals surface area contributed by atoms with Crippen molar-refractivity contribution < 1.29 is 42.0 Å². The number of piperazine rings is 3. The van der Waals surface area contributed by atoms with Gasteiger partial charge in [-0.2, -0.15) is 17.9 Å². The highest BCUT2D eigenvalue weighted by molar-refractivity contribution is 7.89. The molecule has 14 heteroatoms. The third kappa shape index (κ3) is 4.66. The number of benzene rings is 1. The summed E-state index contributed by atoms with van der Waals surface area (Å²) in [6.07, 6.45) is -0.169. The van der Waals surface area contributed by atoms with Crippen LogP contribution >= 0.6 is 0 Å². The molecule has 6 heterocycles. The van der Waals surface area contributed by atoms with E-state index in [4.69, 9.17) is 5.73 Å². The maximum absolute atomic E-state index is 13.8. The normalized spacial score (nSPS) is 33.1. The number of β-lactam (4-membered cyclic amide) rings is 1. The first kappa shape index (κ1) is 29.7. The minimum absolute atomic E-state index is 0.115. The number of quaternary nitrogens is 2. The van der Waals surface area contributed by atoms with Crippen molar-refractivity contribution >= 4 is 33.5 Å². The zero-order valence-corrected chi connectivity index (χ0v) is 25.6. The number of hydrogen-bond acceptors (Lipinski definition) is 7. The molecule has 4 atom stereocenters. The van der Waals surface area contributed by atoms with Crippen molar-refractivity contribution in [3.63, 3.8) is 0 Å². The number of aliphatic hydroxyl groups excluding tert-OH is 1. The molecule has 2 bridgehead atoms. The van der Waals surface area contributed by atoms with Crippen LogP contribution in [0.1, 0.15) is 31.9 Å². The van der Waals surface area contributed by atoms with Gasteiger partial charge in [-0.3, -0.25) is 9.59 Å². The first-order chi connectivity index (χ1) is 20.2. The molecule has 0 unspecified atom stereocenters. The fourth-order valence-electron chi connectivity index (χ4n) is 7.96. The fraction of sp³-hybridized carbons (Fsp3) is 0.586. The highest BCUT2D eigenvalue weighted by Gasteiger charge is 2.60. The second-order valence-corrected chi connectivity index (χ2v) is 14.9. The van der Waals surface area contributed by atoms with Crippen LogP contribution in [0.5, 0.6) is 0 Å². The number of rotatable bonds is 9. The predicted molar refractivity (Wildman–Crippen MR) is 155 cm³/mol. The lowest BCUT2D eigenvalue weighted by Crippen LogP contribution is -2.76. The minimum Gasteiger partial charge on any atom is -0.477 e. The second kappa shape index (κ2) is 10.1. The van der Waals surface area contributed by atoms with Crippen LogP contribution in [-0.2, 0) is 30.8 Å². The van der Waals surface area contributed by atoms with Gasteiger partial charge in [0.15, 0.2) is 6.54 Å². The van der Waals surface area contributed by atoms with E-state index < -0.39 is 45.9 Å². The number of aliphatic hydroxyl groups is 1. The average Bonchev–Trinajstić information content (AvgIpc) is 3.19. The maximum atomic E-state index is 13.8. The molecule has 0 saturated carbocycles. The average molecular weight is 617 g/mol. The lowest BCUT2D eigenvalue weighted by Gasteiger charge is -2.55. The number of fused-ring (bicyclic) bond motifs is 5. The Kier molecular flexibility index (Phi) is 6.99. The topological polar surface area (TPSA) is 171 Å². The van der Waals surface area contributed by atoms with Gasteiger partial charge in [0.25, 0.3) is 15.9 Å². The Labute approximate surface area is 251 Å². The van der Waals surface area contributed by atoms with Crippen molar-refractivity contribution in [3.05, 3.63) is 40.6 Å². The van der Waals surface area contributed by atoms with E-state index >= 15 is 0 Å². The molecule has 1 aromatic rings. The SMILES string of the molecule is CC1=NN(CC2=C(C(=O)O)N3C(=O)[C@H]([C@@H](C)O)[C@H]3[C@H]2C)S(=O)(=O)c2ccc(CC[N+]34CC[N+](CC(N)=O)(CC3)CC4)cc21. The van der Waals surface area contributed by atoms with E-state index in [1.54, 1.807) is 19.9 Å². The third-order valence-electron chi connectivity index (χ3n) is 10.6. The highest BCUT2D eigenvalue weighted by atomic mass is 32.2. The van der Waals surface area contributed by atoms with Gasteiger partial charge in [-0.1, -0.05) is 13.0 Å². The second-order valence-electron chi connectivity index (χ2n) is 13.1. The summed E-state index contributed by atoms with van der Waals surface area (Å²) in [6, 6.07) is 4.80. The quantitative estimate of drug-likeness (QED) is 0.243. The number of hydrazone groups is 1. The van der Waals surface area contributed by atoms with Gasteiger partial charge in [-0.05, 0) is 37.1 Å². The van der Waals surface area contributed by atoms with Gasteiger partial charge in [0.2, 0.25) is 5.91 Å². The highest BCUT2D eigenvalue weighted by Crippen LogP contribution is 2.47. The maximum Gasteiger partial charge on any atom is 0.352 e. The Morgan fingerprint density at radius 3 is 2.35 bits per heavy atom. The van der Waals surface area contributed by atoms with E-state index in [-0.39, 0.29) is 23.0 Å². The van der Waals surface area contributed by atoms with Gasteiger partial charge >= 0.3 is 5.97 Å². The largest absolute Gasteiger partial charge is 0.477 e. The number of sulfonamides is 1. The Morgan fingerprint density at radius 1 is 1.14 bits per heavy atom. The van der Waals surface area contributed by atoms with Crippen molar-refractivity contribution in [3.8, 4) is 0 Å². The number of amides is 2. The standard InChI is InChI=1S/C29H38N6O7S/c1-17-22(27(29(39)40)33-26(17)25(19(3)36)28(33)38)15-32-31-18(2)21-14-20(4-5-23(21)43(32,41)42)6-7-34-8-11-35(12-9-34,13-10-34)16-24(30)37/h4-5,14,17,19,25-26,36H,6-13,15-16H2,1-3H3,(H-2,30,37,39,40)/p+2/t17-,19+,25+,26+,34?,35?/m0/s1. The molecule has 0 aromatic heterocycles. The van der Waals surface area contributed by atoms with Crippen LogP contribution in [0, 0.1) is 11.8 Å². The summed E-state index contributed by atoms with van der Waals surface area (Å²) in [4.78, 5) is 37.8. The fourth-order valence-corrected chi connectivity index (χ4v) is 9.45. The van der Waals surface area contributed by atoms with Crippen LogP contribution in [0.4, 0.5) is 0 Å². The first-order valence-electron chi connectivity index (χ1n) is 14.9. The third-order valence-corrected chi connectivity index (χ3v) is 12.3. The number of carbonyl (C=O) groups is 3. The van der Waals surface area contributed by atoms with Gasteiger partial charge in [0.05, 0.1) is 41.8 Å². The number of hydrogen-bond donors (Lipinski definition) is 3. The molecule has 7 rings (SSSR count). The van der Waals surface area contributed by atoms with Crippen LogP contribution in [0.15, 0.2) is 39.5 Å². The van der Waals surface area contributed by atoms with Crippen LogP contribution in [0.2, 0.25) is 0 Å². The first-order valence-corrected chi connectivity index (χ1v) is 16.3. The Balaban J connectivity index is 1.20. The Hall–Kier alpha value is -3.33. The van der Waals surface area contributed by atoms with Crippen LogP contribution < -0.4 is 5.73 Å². The van der Waals surface area contributed by atoms with Crippen molar-refractivity contribution in [2.24, 2.45) is 22.7 Å². The van der Waals surface area contributed by atoms with Crippen LogP contribution in [0.25, 0.3) is 0 Å². The summed E-state index contributed by atoms with van der Waals surface area (Å²) >= 11 is 0. The summed E-state index contributed by atoms with van der Waals surface area (Å²) < 4.78 is 30.2. The van der Waals surface area contributed by atoms with Crippen LogP contribution in [0.3, 0.4) is 0 Å². The molecule has 4 saturated heterocycles. The number of nitrogens with zero attached hydrogens (tertiary/aromatic N) is 5. The summed E-state index contributed by atoms with van der Waals surface area (Å²) in [5.74, 6) is -3.23. The van der Waals surface area contributed by atoms with Crippen molar-refractivity contribution in [1.82, 2.24) is 9.31 Å². The molecule has 4 N–H and O–H groups in total. The Morgan fingerprint density at radius 2 is 1.77 bits per heavy atom. The van der Waals surface area contributed by atoms with Gasteiger partial charge in [-0.15, -0.1) is 0 Å². The van der Waals surface area contributed by atoms with Gasteiger partial charge < -0.3 is 29.8 Å². The minimum atomic E-state index is -4.09. The molecule has 0 spiro atoms. The van der Waals surface area contributed by atoms with Gasteiger partial charge in [0.1, 0.15) is 45.0 Å². The lowest BCUT2D eigenvalue weighted by atomic mass is 9.78. The molecular weight excluding hydrogens is 576 g/mol.